The van der Waals surface area contributed by atoms with Gasteiger partial charge < -0.3 is 10.2 Å². The third-order valence-corrected chi connectivity index (χ3v) is 6.46. The van der Waals surface area contributed by atoms with Gasteiger partial charge in [0, 0.05) is 18.2 Å². The lowest BCUT2D eigenvalue weighted by atomic mass is 9.84. The van der Waals surface area contributed by atoms with Gasteiger partial charge in [0.05, 0.1) is 23.2 Å². The summed E-state index contributed by atoms with van der Waals surface area (Å²) in [5.74, 6) is 1.19. The molecule has 1 aromatic heterocycles. The third-order valence-electron chi connectivity index (χ3n) is 5.87. The van der Waals surface area contributed by atoms with Crippen LogP contribution >= 0.6 is 0 Å². The Morgan fingerprint density at radius 2 is 1.84 bits per heavy atom. The molecule has 0 unspecified atom stereocenters. The van der Waals surface area contributed by atoms with Crippen molar-refractivity contribution in [3.63, 3.8) is 0 Å². The van der Waals surface area contributed by atoms with Gasteiger partial charge in [-0.15, -0.1) is 10.2 Å². The zero-order valence-corrected chi connectivity index (χ0v) is 18.0. The van der Waals surface area contributed by atoms with E-state index in [1.807, 2.05) is 0 Å². The number of piperidine rings is 3. The number of fused-ring (bicyclic) bond motifs is 3. The summed E-state index contributed by atoms with van der Waals surface area (Å²) in [5, 5.41) is 11.9. The van der Waals surface area contributed by atoms with Crippen LogP contribution in [0.2, 0.25) is 0 Å². The highest BCUT2D eigenvalue weighted by Gasteiger charge is 2.34. The Labute approximate surface area is 179 Å². The van der Waals surface area contributed by atoms with E-state index in [1.165, 1.54) is 6.07 Å². The van der Waals surface area contributed by atoms with Gasteiger partial charge in [-0.2, -0.15) is 13.2 Å². The first-order valence-electron chi connectivity index (χ1n) is 10.0. The summed E-state index contributed by atoms with van der Waals surface area (Å²) in [4.78, 5) is 2.41. The van der Waals surface area contributed by atoms with Gasteiger partial charge in [0.25, 0.3) is 0 Å². The number of benzene rings is 1. The molecule has 1 atom stereocenters. The van der Waals surface area contributed by atoms with E-state index in [0.717, 1.165) is 50.9 Å². The minimum absolute atomic E-state index is 0.187. The normalized spacial score (nSPS) is 23.6. The molecule has 11 heteroatoms. The quantitative estimate of drug-likeness (QED) is 0.719. The van der Waals surface area contributed by atoms with Gasteiger partial charge in [-0.3, -0.25) is 4.72 Å². The van der Waals surface area contributed by atoms with Crippen molar-refractivity contribution in [2.45, 2.75) is 32.0 Å². The summed E-state index contributed by atoms with van der Waals surface area (Å²) in [7, 11) is -3.80. The first kappa shape index (κ1) is 21.8. The van der Waals surface area contributed by atoms with Crippen molar-refractivity contribution in [2.75, 3.05) is 35.9 Å². The molecule has 5 rings (SSSR count). The van der Waals surface area contributed by atoms with Crippen LogP contribution in [0.3, 0.4) is 0 Å². The van der Waals surface area contributed by atoms with Crippen LogP contribution in [0.1, 0.15) is 24.0 Å². The van der Waals surface area contributed by atoms with Crippen molar-refractivity contribution >= 4 is 21.5 Å². The summed E-state index contributed by atoms with van der Waals surface area (Å²) in [6, 6.07) is 4.98. The van der Waals surface area contributed by atoms with Crippen molar-refractivity contribution in [1.29, 1.82) is 0 Å². The SMILES string of the molecule is Cc1cc(N[C@H]2CN3CCC2CC3)nnc1-c1ccc(C(F)(F)F)cc1NS(C)(=O)=O. The van der Waals surface area contributed by atoms with E-state index in [-0.39, 0.29) is 17.3 Å². The molecule has 3 saturated heterocycles. The van der Waals surface area contributed by atoms with Gasteiger partial charge in [0.2, 0.25) is 10.0 Å². The molecule has 0 saturated carbocycles. The Morgan fingerprint density at radius 3 is 2.39 bits per heavy atom. The maximum atomic E-state index is 13.1. The fraction of sp³-hybridized carbons (Fsp3) is 0.500. The Morgan fingerprint density at radius 1 is 1.13 bits per heavy atom. The molecule has 1 aromatic carbocycles. The average Bonchev–Trinajstić information content (AvgIpc) is 2.67. The molecule has 31 heavy (non-hydrogen) atoms. The second kappa shape index (κ2) is 7.94. The van der Waals surface area contributed by atoms with E-state index < -0.39 is 21.8 Å². The van der Waals surface area contributed by atoms with Gasteiger partial charge in [-0.25, -0.2) is 8.42 Å². The number of aromatic nitrogens is 2. The molecular formula is C20H24F3N5O2S. The molecule has 0 radical (unpaired) electrons. The number of halogens is 3. The molecule has 0 spiro atoms. The van der Waals surface area contributed by atoms with Crippen LogP contribution in [-0.2, 0) is 16.2 Å². The van der Waals surface area contributed by atoms with E-state index in [2.05, 4.69) is 25.1 Å². The summed E-state index contributed by atoms with van der Waals surface area (Å²) in [6.45, 7) is 4.97. The molecule has 168 valence electrons. The predicted molar refractivity (Wildman–Crippen MR) is 112 cm³/mol. The van der Waals surface area contributed by atoms with Crippen LogP contribution in [0.15, 0.2) is 24.3 Å². The zero-order valence-electron chi connectivity index (χ0n) is 17.2. The van der Waals surface area contributed by atoms with Crippen molar-refractivity contribution in [2.24, 2.45) is 5.92 Å². The number of rotatable bonds is 5. The van der Waals surface area contributed by atoms with Crippen LogP contribution in [0.25, 0.3) is 11.3 Å². The molecule has 2 bridgehead atoms. The summed E-state index contributed by atoms with van der Waals surface area (Å²) >= 11 is 0. The van der Waals surface area contributed by atoms with Gasteiger partial charge >= 0.3 is 6.18 Å². The topological polar surface area (TPSA) is 87.2 Å². The van der Waals surface area contributed by atoms with E-state index in [0.29, 0.717) is 23.0 Å². The van der Waals surface area contributed by atoms with E-state index in [1.54, 1.807) is 13.0 Å². The smallest absolute Gasteiger partial charge is 0.364 e. The molecule has 4 heterocycles. The van der Waals surface area contributed by atoms with Gasteiger partial charge in [0.15, 0.2) is 0 Å². The highest BCUT2D eigenvalue weighted by atomic mass is 32.2. The predicted octanol–water partition coefficient (Wildman–Crippen LogP) is 3.35. The minimum atomic E-state index is -4.60. The van der Waals surface area contributed by atoms with Gasteiger partial charge in [-0.05, 0) is 62.5 Å². The Kier molecular flexibility index (Phi) is 5.59. The number of nitrogens with one attached hydrogen (secondary N) is 2. The maximum absolute atomic E-state index is 13.1. The van der Waals surface area contributed by atoms with Gasteiger partial charge in [0.1, 0.15) is 5.82 Å². The van der Waals surface area contributed by atoms with Crippen molar-refractivity contribution in [1.82, 2.24) is 15.1 Å². The standard InChI is InChI=1S/C20H24F3N5O2S/c1-12-9-18(24-17-11-28-7-5-13(17)6-8-28)25-26-19(12)15-4-3-14(20(21,22)23)10-16(15)27-31(2,29)30/h3-4,9-10,13,17,27H,5-8,11H2,1-2H3,(H,24,25)/t17-/m0/s1. The number of anilines is 2. The van der Waals surface area contributed by atoms with Crippen molar-refractivity contribution in [3.8, 4) is 11.3 Å². The van der Waals surface area contributed by atoms with E-state index >= 15 is 0 Å². The average molecular weight is 456 g/mol. The Hall–Kier alpha value is -2.40. The first-order chi connectivity index (χ1) is 14.5. The number of hydrogen-bond acceptors (Lipinski definition) is 6. The molecule has 0 aliphatic carbocycles. The van der Waals surface area contributed by atoms with Crippen LogP contribution < -0.4 is 10.0 Å². The largest absolute Gasteiger partial charge is 0.416 e. The first-order valence-corrected chi connectivity index (χ1v) is 11.9. The molecule has 7 nitrogen and oxygen atoms in total. The van der Waals surface area contributed by atoms with Crippen LogP contribution in [0.5, 0.6) is 0 Å². The van der Waals surface area contributed by atoms with E-state index in [9.17, 15) is 21.6 Å². The molecule has 3 aliphatic rings. The molecule has 2 aromatic rings. The molecule has 3 fully saturated rings. The summed E-state index contributed by atoms with van der Waals surface area (Å²) in [6.07, 6.45) is -1.42. The van der Waals surface area contributed by atoms with E-state index in [4.69, 9.17) is 0 Å². The molecule has 3 aliphatic heterocycles. The molecule has 0 amide bonds. The lowest BCUT2D eigenvalue weighted by Crippen LogP contribution is -2.53. The summed E-state index contributed by atoms with van der Waals surface area (Å²) < 4.78 is 65.0. The zero-order chi connectivity index (χ0) is 22.4. The van der Waals surface area contributed by atoms with Crippen LogP contribution in [-0.4, -0.2) is 55.4 Å². The number of nitrogens with zero attached hydrogens (tertiary/aromatic N) is 3. The number of alkyl halides is 3. The summed E-state index contributed by atoms with van der Waals surface area (Å²) in [5.41, 5.74) is 0.0914. The number of aryl methyl sites for hydroxylation is 1. The maximum Gasteiger partial charge on any atom is 0.416 e. The van der Waals surface area contributed by atoms with Crippen LogP contribution in [0, 0.1) is 12.8 Å². The number of hydrogen-bond donors (Lipinski definition) is 2. The minimum Gasteiger partial charge on any atom is -0.364 e. The highest BCUT2D eigenvalue weighted by molar-refractivity contribution is 7.92. The fourth-order valence-electron chi connectivity index (χ4n) is 4.35. The van der Waals surface area contributed by atoms with Crippen molar-refractivity contribution in [3.05, 3.63) is 35.4 Å². The molecule has 2 N–H and O–H groups in total. The Balaban J connectivity index is 1.64. The Bertz CT molecular complexity index is 1080. The van der Waals surface area contributed by atoms with Gasteiger partial charge in [-0.1, -0.05) is 6.07 Å². The monoisotopic (exact) mass is 455 g/mol. The highest BCUT2D eigenvalue weighted by Crippen LogP contribution is 2.37. The lowest BCUT2D eigenvalue weighted by molar-refractivity contribution is -0.137. The second-order valence-electron chi connectivity index (χ2n) is 8.28. The number of sulfonamides is 1. The lowest BCUT2D eigenvalue weighted by Gasteiger charge is -2.45. The third kappa shape index (κ3) is 4.93. The second-order valence-corrected chi connectivity index (χ2v) is 10.0. The van der Waals surface area contributed by atoms with Crippen molar-refractivity contribution < 1.29 is 21.6 Å². The van der Waals surface area contributed by atoms with Crippen LogP contribution in [0.4, 0.5) is 24.7 Å². The fourth-order valence-corrected chi connectivity index (χ4v) is 4.92. The molecular weight excluding hydrogens is 431 g/mol.